The number of ketones is 1. The topological polar surface area (TPSA) is 110 Å². The van der Waals surface area contributed by atoms with Gasteiger partial charge < -0.3 is 9.84 Å². The molecule has 1 aliphatic rings. The number of aryl methyl sites for hydroxylation is 1. The summed E-state index contributed by atoms with van der Waals surface area (Å²) in [6.45, 7) is 1.76. The van der Waals surface area contributed by atoms with Gasteiger partial charge in [0.05, 0.1) is 16.5 Å². The third-order valence-corrected chi connectivity index (χ3v) is 5.46. The number of nitro groups is 1. The Morgan fingerprint density at radius 2 is 1.72 bits per heavy atom. The number of amides is 1. The molecule has 1 saturated heterocycles. The van der Waals surface area contributed by atoms with Gasteiger partial charge in [-0.15, -0.1) is 13.2 Å². The van der Waals surface area contributed by atoms with E-state index < -0.39 is 40.5 Å². The van der Waals surface area contributed by atoms with Crippen LogP contribution in [0.15, 0.2) is 78.4 Å². The van der Waals surface area contributed by atoms with E-state index in [1.165, 1.54) is 30.3 Å². The summed E-state index contributed by atoms with van der Waals surface area (Å²) in [4.78, 5) is 37.8. The molecule has 8 nitrogen and oxygen atoms in total. The highest BCUT2D eigenvalue weighted by molar-refractivity contribution is 6.51. The number of aliphatic hydroxyl groups is 1. The lowest BCUT2D eigenvalue weighted by Gasteiger charge is -2.26. The largest absolute Gasteiger partial charge is 0.573 e. The summed E-state index contributed by atoms with van der Waals surface area (Å²) in [5.74, 6) is -3.47. The second-order valence-electron chi connectivity index (χ2n) is 7.94. The molecule has 1 N–H and O–H groups in total. The van der Waals surface area contributed by atoms with Crippen LogP contribution in [0.3, 0.4) is 0 Å². The molecule has 1 heterocycles. The zero-order chi connectivity index (χ0) is 26.2. The SMILES string of the molecule is Cc1cccc(C2/C(=C(/O)c3cccc([N+](=O)[O-])c3)C(=O)C(=O)N2c2cccc(OC(F)(F)F)c2)c1. The zero-order valence-corrected chi connectivity index (χ0v) is 18.5. The Kier molecular flexibility index (Phi) is 6.23. The van der Waals surface area contributed by atoms with Gasteiger partial charge in [0.15, 0.2) is 0 Å². The molecule has 0 radical (unpaired) electrons. The summed E-state index contributed by atoms with van der Waals surface area (Å²) in [5.41, 5.74) is 0.272. The van der Waals surface area contributed by atoms with Crippen LogP contribution in [0.25, 0.3) is 5.76 Å². The molecule has 1 atom stereocenters. The Balaban J connectivity index is 1.92. The number of rotatable bonds is 5. The van der Waals surface area contributed by atoms with Gasteiger partial charge in [-0.1, -0.05) is 48.0 Å². The maximum atomic E-state index is 13.2. The van der Waals surface area contributed by atoms with Gasteiger partial charge in [0.25, 0.3) is 17.4 Å². The summed E-state index contributed by atoms with van der Waals surface area (Å²) in [6.07, 6.45) is -4.98. The predicted molar refractivity (Wildman–Crippen MR) is 122 cm³/mol. The highest BCUT2D eigenvalue weighted by atomic mass is 19.4. The van der Waals surface area contributed by atoms with Gasteiger partial charge >= 0.3 is 6.36 Å². The molecule has 184 valence electrons. The summed E-state index contributed by atoms with van der Waals surface area (Å²) in [7, 11) is 0. The first-order valence-electron chi connectivity index (χ1n) is 10.4. The van der Waals surface area contributed by atoms with Crippen molar-refractivity contribution in [3.05, 3.63) is 105 Å². The smallest absolute Gasteiger partial charge is 0.507 e. The van der Waals surface area contributed by atoms with E-state index in [9.17, 15) is 38.0 Å². The standard InChI is InChI=1S/C25H17F3N2O6/c1-14-5-2-6-15(11-14)21-20(22(31)16-7-3-9-18(12-16)30(34)35)23(32)24(33)29(21)17-8-4-10-19(13-17)36-25(26,27)28/h2-13,21,31H,1H3/b22-20-. The van der Waals surface area contributed by atoms with Crippen LogP contribution in [0.5, 0.6) is 5.75 Å². The Hall–Kier alpha value is -4.67. The number of benzene rings is 3. The van der Waals surface area contributed by atoms with Gasteiger partial charge in [-0.05, 0) is 24.6 Å². The lowest BCUT2D eigenvalue weighted by atomic mass is 9.94. The van der Waals surface area contributed by atoms with Crippen molar-refractivity contribution in [3.8, 4) is 5.75 Å². The number of ether oxygens (including phenoxy) is 1. The molecule has 0 spiro atoms. The molecule has 1 aliphatic heterocycles. The van der Waals surface area contributed by atoms with Crippen molar-refractivity contribution in [2.75, 3.05) is 4.90 Å². The maximum Gasteiger partial charge on any atom is 0.573 e. The van der Waals surface area contributed by atoms with Crippen molar-refractivity contribution in [1.82, 2.24) is 0 Å². The number of Topliss-reactive ketones (excluding diaryl/α,β-unsaturated/α-hetero) is 1. The van der Waals surface area contributed by atoms with Crippen LogP contribution in [0, 0.1) is 17.0 Å². The number of carbonyl (C=O) groups is 2. The molecule has 0 bridgehead atoms. The molecule has 0 saturated carbocycles. The average Bonchev–Trinajstić information content (AvgIpc) is 3.08. The lowest BCUT2D eigenvalue weighted by Crippen LogP contribution is -2.29. The number of hydrogen-bond acceptors (Lipinski definition) is 6. The van der Waals surface area contributed by atoms with Crippen LogP contribution in [0.1, 0.15) is 22.7 Å². The van der Waals surface area contributed by atoms with E-state index in [0.29, 0.717) is 5.56 Å². The van der Waals surface area contributed by atoms with Gasteiger partial charge in [0.2, 0.25) is 0 Å². The molecule has 1 fully saturated rings. The number of aliphatic hydroxyl groups excluding tert-OH is 1. The Bertz CT molecular complexity index is 1420. The summed E-state index contributed by atoms with van der Waals surface area (Å²) in [5, 5.41) is 22.3. The second kappa shape index (κ2) is 9.17. The van der Waals surface area contributed by atoms with E-state index in [-0.39, 0.29) is 22.5 Å². The minimum Gasteiger partial charge on any atom is -0.507 e. The first kappa shape index (κ1) is 24.5. The molecular weight excluding hydrogens is 481 g/mol. The molecule has 3 aromatic carbocycles. The lowest BCUT2D eigenvalue weighted by molar-refractivity contribution is -0.384. The third kappa shape index (κ3) is 4.76. The second-order valence-corrected chi connectivity index (χ2v) is 7.94. The van der Waals surface area contributed by atoms with Crippen LogP contribution in [-0.2, 0) is 9.59 Å². The van der Waals surface area contributed by atoms with Crippen molar-refractivity contribution in [3.63, 3.8) is 0 Å². The van der Waals surface area contributed by atoms with Crippen molar-refractivity contribution in [1.29, 1.82) is 0 Å². The molecule has 0 aromatic heterocycles. The minimum absolute atomic E-state index is 0.0750. The summed E-state index contributed by atoms with van der Waals surface area (Å²) in [6, 6.07) is 14.9. The first-order valence-corrected chi connectivity index (χ1v) is 10.4. The van der Waals surface area contributed by atoms with Crippen LogP contribution in [0.4, 0.5) is 24.5 Å². The number of hydrogen-bond donors (Lipinski definition) is 1. The fraction of sp³-hybridized carbons (Fsp3) is 0.120. The molecule has 0 aliphatic carbocycles. The fourth-order valence-electron chi connectivity index (χ4n) is 4.01. The highest BCUT2D eigenvalue weighted by Crippen LogP contribution is 2.43. The molecule has 11 heteroatoms. The molecule has 1 unspecified atom stereocenters. The van der Waals surface area contributed by atoms with E-state index in [0.717, 1.165) is 28.7 Å². The number of anilines is 1. The number of nitrogens with zero attached hydrogens (tertiary/aromatic N) is 2. The number of halogens is 3. The van der Waals surface area contributed by atoms with Crippen molar-refractivity contribution < 1.29 is 37.5 Å². The van der Waals surface area contributed by atoms with Crippen LogP contribution >= 0.6 is 0 Å². The van der Waals surface area contributed by atoms with E-state index in [1.807, 2.05) is 0 Å². The van der Waals surface area contributed by atoms with Gasteiger partial charge in [-0.25, -0.2) is 0 Å². The average molecular weight is 498 g/mol. The molecule has 36 heavy (non-hydrogen) atoms. The predicted octanol–water partition coefficient (Wildman–Crippen LogP) is 5.43. The molecule has 1 amide bonds. The van der Waals surface area contributed by atoms with Gasteiger partial charge in [0, 0.05) is 29.4 Å². The Labute approximate surface area is 202 Å². The van der Waals surface area contributed by atoms with Crippen LogP contribution in [-0.4, -0.2) is 28.1 Å². The highest BCUT2D eigenvalue weighted by Gasteiger charge is 2.47. The summed E-state index contributed by atoms with van der Waals surface area (Å²) >= 11 is 0. The van der Waals surface area contributed by atoms with Crippen LogP contribution < -0.4 is 9.64 Å². The number of non-ortho nitro benzene ring substituents is 1. The first-order chi connectivity index (χ1) is 17.0. The Morgan fingerprint density at radius 3 is 2.39 bits per heavy atom. The van der Waals surface area contributed by atoms with Gasteiger partial charge in [-0.3, -0.25) is 24.6 Å². The number of alkyl halides is 3. The molecule has 4 rings (SSSR count). The van der Waals surface area contributed by atoms with Crippen molar-refractivity contribution in [2.45, 2.75) is 19.3 Å². The van der Waals surface area contributed by atoms with E-state index in [4.69, 9.17) is 0 Å². The maximum absolute atomic E-state index is 13.2. The normalized spacial score (nSPS) is 17.3. The molecular formula is C25H17F3N2O6. The van der Waals surface area contributed by atoms with Crippen molar-refractivity contribution in [2.24, 2.45) is 0 Å². The monoisotopic (exact) mass is 498 g/mol. The minimum atomic E-state index is -4.98. The zero-order valence-electron chi connectivity index (χ0n) is 18.5. The number of carbonyl (C=O) groups excluding carboxylic acids is 2. The fourth-order valence-corrected chi connectivity index (χ4v) is 4.01. The third-order valence-electron chi connectivity index (χ3n) is 5.46. The van der Waals surface area contributed by atoms with Gasteiger partial charge in [0.1, 0.15) is 11.5 Å². The molecule has 3 aromatic rings. The van der Waals surface area contributed by atoms with Gasteiger partial charge in [-0.2, -0.15) is 0 Å². The van der Waals surface area contributed by atoms with E-state index in [1.54, 1.807) is 31.2 Å². The Morgan fingerprint density at radius 1 is 1.03 bits per heavy atom. The van der Waals surface area contributed by atoms with E-state index in [2.05, 4.69) is 4.74 Å². The van der Waals surface area contributed by atoms with Crippen molar-refractivity contribution >= 4 is 28.8 Å². The van der Waals surface area contributed by atoms with E-state index >= 15 is 0 Å². The van der Waals surface area contributed by atoms with Crippen LogP contribution in [0.2, 0.25) is 0 Å². The summed E-state index contributed by atoms with van der Waals surface area (Å²) < 4.78 is 42.3. The number of nitro benzene ring substituents is 1. The quantitative estimate of drug-likeness (QED) is 0.165.